The molecule has 1 fully saturated rings. The van der Waals surface area contributed by atoms with E-state index in [-0.39, 0.29) is 10.8 Å². The average Bonchev–Trinajstić information content (AvgIpc) is 2.38. The van der Waals surface area contributed by atoms with Crippen LogP contribution in [0.5, 0.6) is 0 Å². The van der Waals surface area contributed by atoms with Crippen molar-refractivity contribution in [2.45, 2.75) is 40.5 Å². The van der Waals surface area contributed by atoms with E-state index in [0.717, 1.165) is 18.4 Å². The van der Waals surface area contributed by atoms with Crippen LogP contribution < -0.4 is 0 Å². The topological polar surface area (TPSA) is 37.3 Å². The molecule has 2 heteroatoms. The summed E-state index contributed by atoms with van der Waals surface area (Å²) in [5.74, 6) is -0.110. The summed E-state index contributed by atoms with van der Waals surface area (Å²) in [4.78, 5) is 11.4. The lowest BCUT2D eigenvalue weighted by Gasteiger charge is -2.47. The number of carbonyl (C=O) groups is 1. The summed E-state index contributed by atoms with van der Waals surface area (Å²) in [6.07, 6.45) is 6.46. The lowest BCUT2D eigenvalue weighted by molar-refractivity contribution is -0.134. The van der Waals surface area contributed by atoms with Crippen molar-refractivity contribution in [2.24, 2.45) is 16.7 Å². The fourth-order valence-electron chi connectivity index (χ4n) is 3.11. The van der Waals surface area contributed by atoms with Gasteiger partial charge in [-0.05, 0) is 29.7 Å². The molecule has 16 heavy (non-hydrogen) atoms. The Morgan fingerprint density at radius 2 is 2.12 bits per heavy atom. The maximum absolute atomic E-state index is 11.4. The molecule has 1 saturated carbocycles. The Balaban J connectivity index is 2.48. The highest BCUT2D eigenvalue weighted by atomic mass is 16.4. The minimum atomic E-state index is -0.748. The molecule has 0 aromatic rings. The van der Waals surface area contributed by atoms with Crippen LogP contribution in [0.1, 0.15) is 40.5 Å². The molecule has 2 rings (SSSR count). The number of rotatable bonds is 1. The molecule has 0 bridgehead atoms. The van der Waals surface area contributed by atoms with Crippen LogP contribution in [0, 0.1) is 16.7 Å². The van der Waals surface area contributed by atoms with Gasteiger partial charge in [0.25, 0.3) is 0 Å². The van der Waals surface area contributed by atoms with E-state index in [0.29, 0.717) is 11.5 Å². The molecule has 0 saturated heterocycles. The minimum Gasteiger partial charge on any atom is -0.478 e. The van der Waals surface area contributed by atoms with E-state index >= 15 is 0 Å². The lowest BCUT2D eigenvalue weighted by atomic mass is 9.56. The Kier molecular flexibility index (Phi) is 2.30. The Labute approximate surface area is 97.0 Å². The van der Waals surface area contributed by atoms with Crippen LogP contribution in [-0.2, 0) is 4.79 Å². The first-order chi connectivity index (χ1) is 7.27. The van der Waals surface area contributed by atoms with Crippen molar-refractivity contribution in [3.8, 4) is 0 Å². The van der Waals surface area contributed by atoms with E-state index < -0.39 is 5.97 Å². The van der Waals surface area contributed by atoms with Gasteiger partial charge in [0.1, 0.15) is 0 Å². The number of allylic oxidation sites excluding steroid dienone is 3. The van der Waals surface area contributed by atoms with E-state index in [1.54, 1.807) is 0 Å². The van der Waals surface area contributed by atoms with Crippen molar-refractivity contribution in [1.29, 1.82) is 0 Å². The summed E-state index contributed by atoms with van der Waals surface area (Å²) in [6, 6.07) is 0. The second kappa shape index (κ2) is 3.22. The summed E-state index contributed by atoms with van der Waals surface area (Å²) in [5, 5.41) is 9.40. The summed E-state index contributed by atoms with van der Waals surface area (Å²) in [6.45, 7) is 8.13. The van der Waals surface area contributed by atoms with Crippen molar-refractivity contribution in [3.63, 3.8) is 0 Å². The van der Waals surface area contributed by atoms with Gasteiger partial charge >= 0.3 is 5.97 Å². The Hall–Kier alpha value is -1.05. The number of aliphatic carboxylic acids is 1. The Morgan fingerprint density at radius 1 is 1.50 bits per heavy atom. The number of hydrogen-bond donors (Lipinski definition) is 1. The molecule has 2 nitrogen and oxygen atoms in total. The maximum atomic E-state index is 11.4. The second-order valence-corrected chi connectivity index (χ2v) is 6.23. The van der Waals surface area contributed by atoms with Crippen molar-refractivity contribution in [3.05, 3.63) is 23.3 Å². The van der Waals surface area contributed by atoms with E-state index in [4.69, 9.17) is 0 Å². The first-order valence-corrected chi connectivity index (χ1v) is 5.92. The highest BCUT2D eigenvalue weighted by Crippen LogP contribution is 2.59. The van der Waals surface area contributed by atoms with E-state index in [9.17, 15) is 9.90 Å². The molecule has 0 aromatic carbocycles. The molecule has 0 heterocycles. The molecule has 0 spiro atoms. The van der Waals surface area contributed by atoms with Gasteiger partial charge in [0.15, 0.2) is 0 Å². The highest BCUT2D eigenvalue weighted by molar-refractivity contribution is 5.89. The van der Waals surface area contributed by atoms with Gasteiger partial charge in [-0.2, -0.15) is 0 Å². The minimum absolute atomic E-state index is 0.0288. The normalized spacial score (nSPS) is 35.6. The van der Waals surface area contributed by atoms with E-state index in [2.05, 4.69) is 19.1 Å². The number of hydrogen-bond acceptors (Lipinski definition) is 1. The molecule has 0 aromatic heterocycles. The van der Waals surface area contributed by atoms with Gasteiger partial charge < -0.3 is 5.11 Å². The first-order valence-electron chi connectivity index (χ1n) is 5.92. The fourth-order valence-corrected chi connectivity index (χ4v) is 3.11. The molecule has 88 valence electrons. The summed E-state index contributed by atoms with van der Waals surface area (Å²) in [5.41, 5.74) is 1.52. The molecule has 0 radical (unpaired) electrons. The zero-order valence-electron chi connectivity index (χ0n) is 10.5. The molecule has 0 unspecified atom stereocenters. The van der Waals surface area contributed by atoms with Crippen molar-refractivity contribution in [1.82, 2.24) is 0 Å². The zero-order chi connectivity index (χ0) is 12.1. The zero-order valence-corrected chi connectivity index (χ0v) is 10.5. The monoisotopic (exact) mass is 220 g/mol. The molecule has 0 amide bonds. The lowest BCUT2D eigenvalue weighted by Crippen LogP contribution is -2.39. The summed E-state index contributed by atoms with van der Waals surface area (Å²) in [7, 11) is 0. The second-order valence-electron chi connectivity index (χ2n) is 6.23. The van der Waals surface area contributed by atoms with Crippen molar-refractivity contribution >= 4 is 5.97 Å². The average molecular weight is 220 g/mol. The van der Waals surface area contributed by atoms with Crippen LogP contribution >= 0.6 is 0 Å². The smallest absolute Gasteiger partial charge is 0.332 e. The summed E-state index contributed by atoms with van der Waals surface area (Å²) >= 11 is 0. The van der Waals surface area contributed by atoms with Gasteiger partial charge in [0.05, 0.1) is 0 Å². The molecule has 0 aliphatic heterocycles. The third-order valence-electron chi connectivity index (χ3n) is 4.10. The van der Waals surface area contributed by atoms with Gasteiger partial charge in [-0.25, -0.2) is 4.79 Å². The van der Waals surface area contributed by atoms with Gasteiger partial charge in [-0.15, -0.1) is 0 Å². The van der Waals surface area contributed by atoms with Gasteiger partial charge in [0, 0.05) is 11.0 Å². The van der Waals surface area contributed by atoms with Gasteiger partial charge in [-0.3, -0.25) is 0 Å². The molecule has 2 aliphatic carbocycles. The van der Waals surface area contributed by atoms with Crippen LogP contribution in [-0.4, -0.2) is 11.1 Å². The maximum Gasteiger partial charge on any atom is 0.332 e. The van der Waals surface area contributed by atoms with Crippen LogP contribution in [0.4, 0.5) is 0 Å². The number of fused-ring (bicyclic) bond motifs is 1. The van der Waals surface area contributed by atoms with E-state index in [1.165, 1.54) is 0 Å². The quantitative estimate of drug-likeness (QED) is 0.543. The van der Waals surface area contributed by atoms with Crippen LogP contribution in [0.25, 0.3) is 0 Å². The molecule has 1 N–H and O–H groups in total. The van der Waals surface area contributed by atoms with E-state index in [1.807, 2.05) is 20.8 Å². The fraction of sp³-hybridized carbons (Fsp3) is 0.643. The number of carboxylic acids is 1. The Bertz CT molecular complexity index is 395. The predicted molar refractivity (Wildman–Crippen MR) is 64.1 cm³/mol. The standard InChI is InChI=1S/C14H20O2/c1-13(2,3)11(12(15)16)10-8-9-6-5-7-14(9,10)4/h5,7,9H,6,8H2,1-4H3,(H,15,16)/b11-10-/t9-,14-/m0/s1. The van der Waals surface area contributed by atoms with Crippen LogP contribution in [0.15, 0.2) is 23.3 Å². The molecule has 2 atom stereocenters. The van der Waals surface area contributed by atoms with Crippen LogP contribution in [0.2, 0.25) is 0 Å². The molecular formula is C14H20O2. The highest BCUT2D eigenvalue weighted by Gasteiger charge is 2.50. The largest absolute Gasteiger partial charge is 0.478 e. The van der Waals surface area contributed by atoms with Gasteiger partial charge in [0.2, 0.25) is 0 Å². The molecule has 2 aliphatic rings. The molecular weight excluding hydrogens is 200 g/mol. The van der Waals surface area contributed by atoms with Crippen molar-refractivity contribution < 1.29 is 9.90 Å². The Morgan fingerprint density at radius 3 is 2.56 bits per heavy atom. The predicted octanol–water partition coefficient (Wildman–Crippen LogP) is 3.40. The van der Waals surface area contributed by atoms with Crippen molar-refractivity contribution in [2.75, 3.05) is 0 Å². The third-order valence-corrected chi connectivity index (χ3v) is 4.10. The van der Waals surface area contributed by atoms with Gasteiger partial charge in [-0.1, -0.05) is 39.8 Å². The number of carboxylic acid groups (broad SMARTS) is 1. The SMILES string of the molecule is CC(C)(C)/C(C(=O)O)=C1/C[C@@H]2CC=C[C@]12C. The first kappa shape index (κ1) is 11.4. The third kappa shape index (κ3) is 1.43. The summed E-state index contributed by atoms with van der Waals surface area (Å²) < 4.78 is 0. The van der Waals surface area contributed by atoms with Crippen LogP contribution in [0.3, 0.4) is 0 Å².